The van der Waals surface area contributed by atoms with Gasteiger partial charge in [0.15, 0.2) is 0 Å². The summed E-state index contributed by atoms with van der Waals surface area (Å²) in [5.74, 6) is 0. The summed E-state index contributed by atoms with van der Waals surface area (Å²) in [5.41, 5.74) is 1.70. The highest BCUT2D eigenvalue weighted by Gasteiger charge is 2.40. The van der Waals surface area contributed by atoms with Crippen LogP contribution in [0.5, 0.6) is 0 Å². The van der Waals surface area contributed by atoms with E-state index < -0.39 is 11.7 Å². The molecule has 0 saturated carbocycles. The zero-order chi connectivity index (χ0) is 17.9. The van der Waals surface area contributed by atoms with Crippen molar-refractivity contribution in [3.8, 4) is 0 Å². The van der Waals surface area contributed by atoms with Crippen molar-refractivity contribution < 1.29 is 14.4 Å². The van der Waals surface area contributed by atoms with Gasteiger partial charge in [0, 0.05) is 12.8 Å². The summed E-state index contributed by atoms with van der Waals surface area (Å²) in [7, 11) is 0. The minimum absolute atomic E-state index is 0.0554. The summed E-state index contributed by atoms with van der Waals surface area (Å²) in [5, 5.41) is 1.41. The maximum atomic E-state index is 12.6. The number of nitrogens with zero attached hydrogens (tertiary/aromatic N) is 1. The molecule has 1 aliphatic heterocycles. The van der Waals surface area contributed by atoms with Gasteiger partial charge in [0.25, 0.3) is 0 Å². The highest BCUT2D eigenvalue weighted by atomic mass is 16.7. The molecule has 1 heterocycles. The summed E-state index contributed by atoms with van der Waals surface area (Å²) in [6, 6.07) is 20.0. The second-order valence-electron chi connectivity index (χ2n) is 7.39. The Hall–Kier alpha value is -2.33. The summed E-state index contributed by atoms with van der Waals surface area (Å²) < 4.78 is 5.53. The molecular weight excluding hydrogens is 314 g/mol. The van der Waals surface area contributed by atoms with Crippen molar-refractivity contribution in [2.45, 2.75) is 51.4 Å². The Labute approximate surface area is 149 Å². The van der Waals surface area contributed by atoms with Gasteiger partial charge in [-0.15, -0.1) is 0 Å². The number of amides is 1. The van der Waals surface area contributed by atoms with Crippen LogP contribution in [0.3, 0.4) is 0 Å². The molecule has 0 unspecified atom stereocenters. The molecule has 25 heavy (non-hydrogen) atoms. The molecule has 4 nitrogen and oxygen atoms in total. The Kier molecular flexibility index (Phi) is 5.09. The van der Waals surface area contributed by atoms with Gasteiger partial charge in [-0.25, -0.2) is 4.79 Å². The third-order valence-electron chi connectivity index (χ3n) is 4.10. The zero-order valence-electron chi connectivity index (χ0n) is 15.0. The van der Waals surface area contributed by atoms with Crippen molar-refractivity contribution in [3.63, 3.8) is 0 Å². The Morgan fingerprint density at radius 2 is 1.68 bits per heavy atom. The van der Waals surface area contributed by atoms with E-state index in [2.05, 4.69) is 12.1 Å². The molecular formula is C21H25NO3. The topological polar surface area (TPSA) is 38.8 Å². The van der Waals surface area contributed by atoms with Gasteiger partial charge in [-0.2, -0.15) is 5.06 Å². The minimum atomic E-state index is -0.556. The highest BCUT2D eigenvalue weighted by molar-refractivity contribution is 5.68. The third-order valence-corrected chi connectivity index (χ3v) is 4.10. The van der Waals surface area contributed by atoms with Crippen LogP contribution in [0.1, 0.15) is 44.4 Å². The number of carbonyl (C=O) groups is 1. The van der Waals surface area contributed by atoms with Crippen LogP contribution in [-0.4, -0.2) is 22.9 Å². The molecule has 0 spiro atoms. The second-order valence-corrected chi connectivity index (χ2v) is 7.39. The number of rotatable bonds is 3. The van der Waals surface area contributed by atoms with Gasteiger partial charge in [0.1, 0.15) is 5.60 Å². The van der Waals surface area contributed by atoms with E-state index in [0.717, 1.165) is 18.4 Å². The lowest BCUT2D eigenvalue weighted by Crippen LogP contribution is -2.36. The standard InChI is InChI=1S/C21H25NO3/c1-21(2,3)24-20(23)22-19(17-12-8-5-9-13-17)15-18(25-22)14-16-10-6-4-7-11-16/h4-13,18-19H,14-15H2,1-3H3/t18-,19+/m1/s1. The molecule has 2 aromatic rings. The number of hydrogen-bond donors (Lipinski definition) is 0. The Balaban J connectivity index is 1.79. The summed E-state index contributed by atoms with van der Waals surface area (Å²) in [6.07, 6.45) is 1.03. The van der Waals surface area contributed by atoms with Crippen molar-refractivity contribution in [1.29, 1.82) is 0 Å². The SMILES string of the molecule is CC(C)(C)OC(=O)N1O[C@H](Cc2ccccc2)C[C@H]1c1ccccc1. The van der Waals surface area contributed by atoms with E-state index in [-0.39, 0.29) is 12.1 Å². The summed E-state index contributed by atoms with van der Waals surface area (Å²) in [4.78, 5) is 18.6. The van der Waals surface area contributed by atoms with E-state index in [0.29, 0.717) is 0 Å². The molecule has 132 valence electrons. The molecule has 0 aliphatic carbocycles. The maximum Gasteiger partial charge on any atom is 0.435 e. The molecule has 1 amide bonds. The van der Waals surface area contributed by atoms with Gasteiger partial charge in [-0.1, -0.05) is 60.7 Å². The number of benzene rings is 2. The quantitative estimate of drug-likeness (QED) is 0.797. The Morgan fingerprint density at radius 1 is 1.08 bits per heavy atom. The third kappa shape index (κ3) is 4.60. The maximum absolute atomic E-state index is 12.6. The van der Waals surface area contributed by atoms with Gasteiger partial charge in [-0.3, -0.25) is 4.84 Å². The van der Waals surface area contributed by atoms with Crippen molar-refractivity contribution >= 4 is 6.09 Å². The predicted octanol–water partition coefficient (Wildman–Crippen LogP) is 4.91. The zero-order valence-corrected chi connectivity index (χ0v) is 15.0. The fourth-order valence-corrected chi connectivity index (χ4v) is 3.04. The van der Waals surface area contributed by atoms with Crippen LogP contribution >= 0.6 is 0 Å². The minimum Gasteiger partial charge on any atom is -0.442 e. The van der Waals surface area contributed by atoms with Crippen LogP contribution in [-0.2, 0) is 16.0 Å². The first-order chi connectivity index (χ1) is 11.9. The van der Waals surface area contributed by atoms with Crippen LogP contribution in [0.2, 0.25) is 0 Å². The lowest BCUT2D eigenvalue weighted by molar-refractivity contribution is -0.150. The first-order valence-electron chi connectivity index (χ1n) is 8.70. The molecule has 0 radical (unpaired) electrons. The molecule has 0 bridgehead atoms. The summed E-state index contributed by atoms with van der Waals surface area (Å²) >= 11 is 0. The number of ether oxygens (including phenoxy) is 1. The normalized spacial score (nSPS) is 20.5. The molecule has 0 N–H and O–H groups in total. The molecule has 1 fully saturated rings. The molecule has 1 aliphatic rings. The van der Waals surface area contributed by atoms with Crippen LogP contribution in [0, 0.1) is 0 Å². The fourth-order valence-electron chi connectivity index (χ4n) is 3.04. The average molecular weight is 339 g/mol. The molecule has 2 aromatic carbocycles. The first kappa shape index (κ1) is 17.5. The number of carbonyl (C=O) groups excluding carboxylic acids is 1. The molecule has 4 heteroatoms. The van der Waals surface area contributed by atoms with E-state index >= 15 is 0 Å². The monoisotopic (exact) mass is 339 g/mol. The van der Waals surface area contributed by atoms with Gasteiger partial charge in [-0.05, 0) is 31.9 Å². The van der Waals surface area contributed by atoms with Crippen LogP contribution in [0.15, 0.2) is 60.7 Å². The average Bonchev–Trinajstić information content (AvgIpc) is 2.99. The molecule has 0 aromatic heterocycles. The van der Waals surface area contributed by atoms with Gasteiger partial charge in [0.2, 0.25) is 0 Å². The number of hydrogen-bond acceptors (Lipinski definition) is 3. The van der Waals surface area contributed by atoms with Gasteiger partial charge >= 0.3 is 6.09 Å². The van der Waals surface area contributed by atoms with E-state index in [1.165, 1.54) is 10.6 Å². The van der Waals surface area contributed by atoms with E-state index in [1.54, 1.807) is 0 Å². The van der Waals surface area contributed by atoms with Crippen molar-refractivity contribution in [1.82, 2.24) is 5.06 Å². The smallest absolute Gasteiger partial charge is 0.435 e. The van der Waals surface area contributed by atoms with E-state index in [4.69, 9.17) is 9.57 Å². The van der Waals surface area contributed by atoms with Gasteiger partial charge in [0.05, 0.1) is 12.1 Å². The van der Waals surface area contributed by atoms with Crippen LogP contribution in [0.4, 0.5) is 4.79 Å². The number of hydroxylamine groups is 2. The first-order valence-corrected chi connectivity index (χ1v) is 8.70. The van der Waals surface area contributed by atoms with E-state index in [9.17, 15) is 4.79 Å². The second kappa shape index (κ2) is 7.28. The Bertz CT molecular complexity index is 694. The van der Waals surface area contributed by atoms with Crippen molar-refractivity contribution in [2.24, 2.45) is 0 Å². The predicted molar refractivity (Wildman–Crippen MR) is 96.9 cm³/mol. The lowest BCUT2D eigenvalue weighted by Gasteiger charge is -2.27. The molecule has 3 rings (SSSR count). The van der Waals surface area contributed by atoms with Crippen molar-refractivity contribution in [3.05, 3.63) is 71.8 Å². The fraction of sp³-hybridized carbons (Fsp3) is 0.381. The molecule has 1 saturated heterocycles. The lowest BCUT2D eigenvalue weighted by atomic mass is 9.98. The molecule has 2 atom stereocenters. The van der Waals surface area contributed by atoms with Crippen molar-refractivity contribution in [2.75, 3.05) is 0 Å². The van der Waals surface area contributed by atoms with E-state index in [1.807, 2.05) is 69.3 Å². The summed E-state index contributed by atoms with van der Waals surface area (Å²) in [6.45, 7) is 5.58. The highest BCUT2D eigenvalue weighted by Crippen LogP contribution is 2.36. The van der Waals surface area contributed by atoms with Gasteiger partial charge < -0.3 is 4.74 Å². The Morgan fingerprint density at radius 3 is 2.28 bits per heavy atom. The van der Waals surface area contributed by atoms with Crippen LogP contribution in [0.25, 0.3) is 0 Å². The van der Waals surface area contributed by atoms with Crippen LogP contribution < -0.4 is 0 Å². The largest absolute Gasteiger partial charge is 0.442 e.